The van der Waals surface area contributed by atoms with Crippen molar-refractivity contribution >= 4 is 11.7 Å². The minimum atomic E-state index is -0.216. The Kier molecular flexibility index (Phi) is 7.29. The monoisotopic (exact) mass is 341 g/mol. The zero-order valence-electron chi connectivity index (χ0n) is 14.9. The lowest BCUT2D eigenvalue weighted by Crippen LogP contribution is -2.39. The van der Waals surface area contributed by atoms with Crippen LogP contribution in [0.5, 0.6) is 0 Å². The van der Waals surface area contributed by atoms with Crippen molar-refractivity contribution in [3.05, 3.63) is 65.7 Å². The summed E-state index contributed by atoms with van der Waals surface area (Å²) in [7, 11) is 4.02. The van der Waals surface area contributed by atoms with Gasteiger partial charge in [0, 0.05) is 32.9 Å². The molecule has 134 valence electrons. The maximum atomic E-state index is 12.1. The van der Waals surface area contributed by atoms with Crippen molar-refractivity contribution in [2.45, 2.75) is 18.9 Å². The molecule has 0 fully saturated rings. The molecule has 0 aliphatic heterocycles. The zero-order valence-corrected chi connectivity index (χ0v) is 14.9. The fourth-order valence-corrected chi connectivity index (χ4v) is 2.63. The van der Waals surface area contributed by atoms with Gasteiger partial charge in [0.05, 0.1) is 6.04 Å². The lowest BCUT2D eigenvalue weighted by Gasteiger charge is -2.19. The van der Waals surface area contributed by atoms with Gasteiger partial charge in [-0.05, 0) is 36.1 Å². The number of urea groups is 1. The fraction of sp³-hybridized carbons (Fsp3) is 0.350. The number of carbonyl (C=O) groups is 1. The molecule has 5 heteroatoms. The summed E-state index contributed by atoms with van der Waals surface area (Å²) in [5.74, 6) is 0. The predicted molar refractivity (Wildman–Crippen MR) is 102 cm³/mol. The Morgan fingerprint density at radius 1 is 1.08 bits per heavy atom. The van der Waals surface area contributed by atoms with Crippen molar-refractivity contribution in [1.29, 1.82) is 0 Å². The fourth-order valence-electron chi connectivity index (χ4n) is 2.63. The van der Waals surface area contributed by atoms with Gasteiger partial charge in [-0.1, -0.05) is 42.5 Å². The molecular weight excluding hydrogens is 314 g/mol. The molecule has 0 saturated carbocycles. The van der Waals surface area contributed by atoms with Crippen LogP contribution < -0.4 is 15.5 Å². The first kappa shape index (κ1) is 18.8. The first-order chi connectivity index (χ1) is 12.1. The van der Waals surface area contributed by atoms with Gasteiger partial charge in [-0.15, -0.1) is 0 Å². The van der Waals surface area contributed by atoms with Gasteiger partial charge in [0.15, 0.2) is 0 Å². The van der Waals surface area contributed by atoms with E-state index in [0.717, 1.165) is 17.7 Å². The molecule has 0 radical (unpaired) electrons. The summed E-state index contributed by atoms with van der Waals surface area (Å²) in [6.07, 6.45) is 1.26. The maximum Gasteiger partial charge on any atom is 0.315 e. The van der Waals surface area contributed by atoms with E-state index in [1.807, 2.05) is 44.4 Å². The summed E-state index contributed by atoms with van der Waals surface area (Å²) < 4.78 is 0. The van der Waals surface area contributed by atoms with Crippen LogP contribution in [0.2, 0.25) is 0 Å². The van der Waals surface area contributed by atoms with Gasteiger partial charge >= 0.3 is 6.03 Å². The summed E-state index contributed by atoms with van der Waals surface area (Å²) in [4.78, 5) is 14.2. The van der Waals surface area contributed by atoms with Crippen LogP contribution in [-0.2, 0) is 6.42 Å². The number of amides is 2. The van der Waals surface area contributed by atoms with Gasteiger partial charge in [0.2, 0.25) is 0 Å². The summed E-state index contributed by atoms with van der Waals surface area (Å²) in [6.45, 7) is 0.589. The summed E-state index contributed by atoms with van der Waals surface area (Å²) >= 11 is 0. The SMILES string of the molecule is CN(C)c1ccc(CCNC(=O)N[C@H](CCO)c2ccccc2)cc1. The van der Waals surface area contributed by atoms with E-state index in [9.17, 15) is 9.90 Å². The van der Waals surface area contributed by atoms with E-state index in [1.54, 1.807) is 0 Å². The van der Waals surface area contributed by atoms with Crippen molar-refractivity contribution in [1.82, 2.24) is 10.6 Å². The van der Waals surface area contributed by atoms with Crippen LogP contribution in [0.15, 0.2) is 54.6 Å². The van der Waals surface area contributed by atoms with Crippen LogP contribution in [0.3, 0.4) is 0 Å². The molecule has 2 rings (SSSR count). The highest BCUT2D eigenvalue weighted by Gasteiger charge is 2.13. The van der Waals surface area contributed by atoms with E-state index in [0.29, 0.717) is 13.0 Å². The molecule has 0 saturated heterocycles. The number of hydrogen-bond donors (Lipinski definition) is 3. The van der Waals surface area contributed by atoms with Crippen molar-refractivity contribution in [2.75, 3.05) is 32.1 Å². The molecule has 0 heterocycles. The second kappa shape index (κ2) is 9.69. The van der Waals surface area contributed by atoms with Gasteiger partial charge in [-0.25, -0.2) is 4.79 Å². The van der Waals surface area contributed by atoms with Gasteiger partial charge in [-0.3, -0.25) is 0 Å². The van der Waals surface area contributed by atoms with Crippen molar-refractivity contribution in [3.63, 3.8) is 0 Å². The molecule has 1 atom stereocenters. The van der Waals surface area contributed by atoms with Gasteiger partial charge < -0.3 is 20.6 Å². The predicted octanol–water partition coefficient (Wildman–Crippen LogP) is 2.72. The molecule has 2 amide bonds. The molecule has 25 heavy (non-hydrogen) atoms. The van der Waals surface area contributed by atoms with Crippen molar-refractivity contribution in [2.24, 2.45) is 0 Å². The highest BCUT2D eigenvalue weighted by Crippen LogP contribution is 2.16. The molecule has 2 aromatic rings. The van der Waals surface area contributed by atoms with E-state index in [2.05, 4.69) is 39.8 Å². The summed E-state index contributed by atoms with van der Waals surface area (Å²) in [5, 5.41) is 15.0. The van der Waals surface area contributed by atoms with E-state index < -0.39 is 0 Å². The summed E-state index contributed by atoms with van der Waals surface area (Å²) in [5.41, 5.74) is 3.33. The third-order valence-electron chi connectivity index (χ3n) is 4.08. The molecule has 0 aromatic heterocycles. The average molecular weight is 341 g/mol. The topological polar surface area (TPSA) is 64.6 Å². The smallest absolute Gasteiger partial charge is 0.315 e. The number of carbonyl (C=O) groups excluding carboxylic acids is 1. The van der Waals surface area contributed by atoms with Crippen molar-refractivity contribution < 1.29 is 9.90 Å². The first-order valence-electron chi connectivity index (χ1n) is 8.56. The Morgan fingerprint density at radius 2 is 1.76 bits per heavy atom. The molecule has 0 aliphatic rings. The standard InChI is InChI=1S/C20H27N3O2/c1-23(2)18-10-8-16(9-11-18)12-14-21-20(25)22-19(13-15-24)17-6-4-3-5-7-17/h3-11,19,24H,12-15H2,1-2H3,(H2,21,22,25)/t19-/m1/s1. The normalized spacial score (nSPS) is 11.6. The van der Waals surface area contributed by atoms with Crippen molar-refractivity contribution in [3.8, 4) is 0 Å². The molecule has 0 unspecified atom stereocenters. The minimum Gasteiger partial charge on any atom is -0.396 e. The van der Waals surface area contributed by atoms with Gasteiger partial charge in [0.25, 0.3) is 0 Å². The van der Waals surface area contributed by atoms with E-state index in [1.165, 1.54) is 5.56 Å². The van der Waals surface area contributed by atoms with E-state index in [4.69, 9.17) is 0 Å². The summed E-state index contributed by atoms with van der Waals surface area (Å²) in [6, 6.07) is 17.6. The second-order valence-electron chi connectivity index (χ2n) is 6.19. The average Bonchev–Trinajstić information content (AvgIpc) is 2.62. The Morgan fingerprint density at radius 3 is 2.36 bits per heavy atom. The Hall–Kier alpha value is -2.53. The molecule has 2 aromatic carbocycles. The van der Waals surface area contributed by atoms with Crippen LogP contribution in [-0.4, -0.2) is 38.4 Å². The molecular formula is C20H27N3O2. The minimum absolute atomic E-state index is 0.0259. The van der Waals surface area contributed by atoms with Crippen LogP contribution in [0, 0.1) is 0 Å². The number of nitrogens with one attached hydrogen (secondary N) is 2. The molecule has 0 bridgehead atoms. The Balaban J connectivity index is 1.80. The number of rotatable bonds is 8. The second-order valence-corrected chi connectivity index (χ2v) is 6.19. The van der Waals surface area contributed by atoms with Crippen LogP contribution >= 0.6 is 0 Å². The van der Waals surface area contributed by atoms with Crippen LogP contribution in [0.25, 0.3) is 0 Å². The maximum absolute atomic E-state index is 12.1. The van der Waals surface area contributed by atoms with Crippen LogP contribution in [0.1, 0.15) is 23.6 Å². The number of aliphatic hydroxyl groups is 1. The molecule has 5 nitrogen and oxygen atoms in total. The highest BCUT2D eigenvalue weighted by atomic mass is 16.3. The third kappa shape index (κ3) is 6.12. The van der Waals surface area contributed by atoms with Gasteiger partial charge in [-0.2, -0.15) is 0 Å². The lowest BCUT2D eigenvalue weighted by molar-refractivity contribution is 0.229. The number of nitrogens with zero attached hydrogens (tertiary/aromatic N) is 1. The number of anilines is 1. The largest absolute Gasteiger partial charge is 0.396 e. The zero-order chi connectivity index (χ0) is 18.1. The lowest BCUT2D eigenvalue weighted by atomic mass is 10.0. The van der Waals surface area contributed by atoms with Gasteiger partial charge in [0.1, 0.15) is 0 Å². The number of hydrogen-bond acceptors (Lipinski definition) is 3. The van der Waals surface area contributed by atoms with Crippen LogP contribution in [0.4, 0.5) is 10.5 Å². The molecule has 0 aliphatic carbocycles. The number of benzene rings is 2. The Bertz CT molecular complexity index is 642. The molecule has 0 spiro atoms. The van der Waals surface area contributed by atoms with E-state index >= 15 is 0 Å². The third-order valence-corrected chi connectivity index (χ3v) is 4.08. The quantitative estimate of drug-likeness (QED) is 0.692. The highest BCUT2D eigenvalue weighted by molar-refractivity contribution is 5.74. The first-order valence-corrected chi connectivity index (χ1v) is 8.56. The number of aliphatic hydroxyl groups excluding tert-OH is 1. The van der Waals surface area contributed by atoms with E-state index in [-0.39, 0.29) is 18.7 Å². The molecule has 3 N–H and O–H groups in total. The Labute approximate surface area is 149 Å².